The molecule has 2 heterocycles. The van der Waals surface area contributed by atoms with Gasteiger partial charge in [0, 0.05) is 30.7 Å². The Morgan fingerprint density at radius 1 is 1.09 bits per heavy atom. The maximum Gasteiger partial charge on any atom is 0.335 e. The molecule has 1 aliphatic heterocycles. The summed E-state index contributed by atoms with van der Waals surface area (Å²) in [4.78, 5) is 23.7. The molecule has 0 amide bonds. The molecule has 1 aromatic heterocycles. The number of aliphatic hydroxyl groups is 2. The van der Waals surface area contributed by atoms with Gasteiger partial charge in [-0.15, -0.1) is 0 Å². The highest BCUT2D eigenvalue weighted by atomic mass is 16.7. The van der Waals surface area contributed by atoms with Crippen molar-refractivity contribution in [3.8, 4) is 0 Å². The van der Waals surface area contributed by atoms with E-state index in [9.17, 15) is 19.8 Å². The van der Waals surface area contributed by atoms with Crippen LogP contribution in [0.5, 0.6) is 0 Å². The highest BCUT2D eigenvalue weighted by molar-refractivity contribution is 5.66. The molecule has 5 fully saturated rings. The van der Waals surface area contributed by atoms with Crippen LogP contribution in [0.1, 0.15) is 77.2 Å². The van der Waals surface area contributed by atoms with E-state index in [1.807, 2.05) is 0 Å². The molecule has 4 saturated carbocycles. The Kier molecular flexibility index (Phi) is 4.43. The van der Waals surface area contributed by atoms with E-state index in [1.165, 1.54) is 19.3 Å². The van der Waals surface area contributed by atoms with Crippen LogP contribution < -0.4 is 5.63 Å². The van der Waals surface area contributed by atoms with Gasteiger partial charge >= 0.3 is 11.6 Å². The largest absolute Gasteiger partial charge is 0.459 e. The lowest BCUT2D eigenvalue weighted by Gasteiger charge is -2.63. The second kappa shape index (κ2) is 6.70. The van der Waals surface area contributed by atoms with Crippen molar-refractivity contribution in [3.63, 3.8) is 0 Å². The summed E-state index contributed by atoms with van der Waals surface area (Å²) in [7, 11) is 0. The molecule has 4 aliphatic carbocycles. The van der Waals surface area contributed by atoms with Crippen LogP contribution in [0.2, 0.25) is 0 Å². The molecule has 7 heteroatoms. The number of fused-ring (bicyclic) bond motifs is 3. The Bertz CT molecular complexity index is 1030. The highest BCUT2D eigenvalue weighted by Crippen LogP contribution is 2.78. The van der Waals surface area contributed by atoms with Gasteiger partial charge < -0.3 is 24.1 Å². The monoisotopic (exact) mass is 458 g/mol. The number of rotatable bonds is 2. The third-order valence-electron chi connectivity index (χ3n) is 10.6. The first-order valence-electron chi connectivity index (χ1n) is 12.4. The Hall–Kier alpha value is -1.70. The summed E-state index contributed by atoms with van der Waals surface area (Å²) in [6.07, 6.45) is 5.74. The van der Waals surface area contributed by atoms with E-state index in [0.717, 1.165) is 37.7 Å². The van der Waals surface area contributed by atoms with Gasteiger partial charge in [-0.05, 0) is 67.4 Å². The molecule has 0 unspecified atom stereocenters. The molecule has 0 aromatic carbocycles. The highest BCUT2D eigenvalue weighted by Gasteiger charge is 2.85. The van der Waals surface area contributed by atoms with E-state index in [2.05, 4.69) is 13.8 Å². The number of esters is 1. The van der Waals surface area contributed by atoms with E-state index in [0.29, 0.717) is 12.8 Å². The first kappa shape index (κ1) is 21.8. The van der Waals surface area contributed by atoms with Crippen molar-refractivity contribution in [1.29, 1.82) is 0 Å². The number of hydrogen-bond acceptors (Lipinski definition) is 7. The molecular formula is C26H34O7. The summed E-state index contributed by atoms with van der Waals surface area (Å²) in [5.74, 6) is 0.0816. The van der Waals surface area contributed by atoms with Crippen molar-refractivity contribution >= 4 is 5.97 Å². The predicted molar refractivity (Wildman–Crippen MR) is 117 cm³/mol. The number of carbonyl (C=O) groups is 1. The van der Waals surface area contributed by atoms with Crippen molar-refractivity contribution in [2.75, 3.05) is 0 Å². The standard InChI is InChI=1S/C26H34O7/c1-14(27)32-21-20(15-4-5-19(29)31-13-15)24(3)10-7-17-18(26(24)22(21)33-26)8-11-25(30)12-16(28)6-9-23(17,25)2/h4-5,13,16-18,20-22,28,30H,6-12H2,1-3H3/t16-,17+,18-,20-,21-,22-,23+,24+,25+,26+/m0/s1. The number of aliphatic hydroxyl groups excluding tert-OH is 1. The normalized spacial score (nSPS) is 52.2. The maximum atomic E-state index is 12.1. The fourth-order valence-electron chi connectivity index (χ4n) is 9.10. The van der Waals surface area contributed by atoms with Crippen LogP contribution in [0.15, 0.2) is 27.6 Å². The molecule has 2 N–H and O–H groups in total. The molecule has 0 radical (unpaired) electrons. The van der Waals surface area contributed by atoms with Crippen LogP contribution in [0, 0.1) is 22.7 Å². The third kappa shape index (κ3) is 2.62. The Morgan fingerprint density at radius 3 is 2.52 bits per heavy atom. The van der Waals surface area contributed by atoms with Gasteiger partial charge in [0.2, 0.25) is 0 Å². The van der Waals surface area contributed by atoms with E-state index >= 15 is 0 Å². The predicted octanol–water partition coefficient (Wildman–Crippen LogP) is 2.91. The first-order valence-corrected chi connectivity index (χ1v) is 12.4. The number of carbonyl (C=O) groups excluding carboxylic acids is 1. The molecule has 7 nitrogen and oxygen atoms in total. The smallest absolute Gasteiger partial charge is 0.335 e. The Labute approximate surface area is 193 Å². The van der Waals surface area contributed by atoms with Crippen LogP contribution in [0.4, 0.5) is 0 Å². The molecule has 6 rings (SSSR count). The molecule has 1 saturated heterocycles. The molecule has 33 heavy (non-hydrogen) atoms. The number of hydrogen-bond donors (Lipinski definition) is 2. The zero-order valence-corrected chi connectivity index (χ0v) is 19.6. The zero-order valence-electron chi connectivity index (χ0n) is 19.6. The summed E-state index contributed by atoms with van der Waals surface area (Å²) < 4.78 is 17.7. The van der Waals surface area contributed by atoms with Crippen LogP contribution in [-0.2, 0) is 14.3 Å². The van der Waals surface area contributed by atoms with Crippen LogP contribution >= 0.6 is 0 Å². The third-order valence-corrected chi connectivity index (χ3v) is 10.6. The van der Waals surface area contributed by atoms with Gasteiger partial charge in [-0.3, -0.25) is 4.79 Å². The lowest BCUT2D eigenvalue weighted by Crippen LogP contribution is -2.65. The summed E-state index contributed by atoms with van der Waals surface area (Å²) in [6.45, 7) is 5.89. The Morgan fingerprint density at radius 2 is 1.82 bits per heavy atom. The molecule has 1 spiro atoms. The number of epoxide rings is 1. The SMILES string of the molecule is CC(=O)O[C@@H]1[C@@H]2O[C@]23[C@H]2CC[C@@]4(O)C[C@@H](O)CC[C@]4(C)[C@@H]2CC[C@]3(C)[C@H]1c1ccc(=O)oc1. The van der Waals surface area contributed by atoms with E-state index in [1.54, 1.807) is 6.07 Å². The van der Waals surface area contributed by atoms with Gasteiger partial charge in [0.05, 0.1) is 18.0 Å². The minimum Gasteiger partial charge on any atom is -0.459 e. The molecule has 10 atom stereocenters. The molecular weight excluding hydrogens is 424 g/mol. The average Bonchev–Trinajstić information content (AvgIpc) is 3.45. The summed E-state index contributed by atoms with van der Waals surface area (Å²) in [5.41, 5.74) is -1.34. The zero-order chi connectivity index (χ0) is 23.4. The van der Waals surface area contributed by atoms with Crippen molar-refractivity contribution in [2.45, 2.75) is 101 Å². The van der Waals surface area contributed by atoms with Crippen molar-refractivity contribution in [1.82, 2.24) is 0 Å². The van der Waals surface area contributed by atoms with Gasteiger partial charge in [-0.1, -0.05) is 13.8 Å². The van der Waals surface area contributed by atoms with Crippen molar-refractivity contribution < 1.29 is 28.9 Å². The molecule has 1 aromatic rings. The van der Waals surface area contributed by atoms with Gasteiger partial charge in [-0.25, -0.2) is 4.79 Å². The fourth-order valence-corrected chi connectivity index (χ4v) is 9.10. The topological polar surface area (TPSA) is 110 Å². The summed E-state index contributed by atoms with van der Waals surface area (Å²) in [5, 5.41) is 22.0. The minimum absolute atomic E-state index is 0.118. The lowest BCUT2D eigenvalue weighted by atomic mass is 9.42. The van der Waals surface area contributed by atoms with E-state index in [-0.39, 0.29) is 40.7 Å². The Balaban J connectivity index is 1.42. The molecule has 5 aliphatic rings. The number of ether oxygens (including phenoxy) is 2. The van der Waals surface area contributed by atoms with Crippen LogP contribution in [0.25, 0.3) is 0 Å². The molecule has 0 bridgehead atoms. The minimum atomic E-state index is -0.850. The quantitative estimate of drug-likeness (QED) is 0.518. The van der Waals surface area contributed by atoms with Gasteiger partial charge in [-0.2, -0.15) is 0 Å². The van der Waals surface area contributed by atoms with Gasteiger partial charge in [0.15, 0.2) is 0 Å². The van der Waals surface area contributed by atoms with Crippen molar-refractivity contribution in [2.24, 2.45) is 22.7 Å². The molecule has 180 valence electrons. The van der Waals surface area contributed by atoms with Crippen LogP contribution in [-0.4, -0.2) is 45.7 Å². The maximum absolute atomic E-state index is 12.1. The van der Waals surface area contributed by atoms with Gasteiger partial charge in [0.1, 0.15) is 17.8 Å². The van der Waals surface area contributed by atoms with Crippen molar-refractivity contribution in [3.05, 3.63) is 34.4 Å². The second-order valence-corrected chi connectivity index (χ2v) is 11.8. The van der Waals surface area contributed by atoms with Gasteiger partial charge in [0.25, 0.3) is 0 Å². The van der Waals surface area contributed by atoms with E-state index < -0.39 is 29.0 Å². The average molecular weight is 459 g/mol. The summed E-state index contributed by atoms with van der Waals surface area (Å²) >= 11 is 0. The summed E-state index contributed by atoms with van der Waals surface area (Å²) in [6, 6.07) is 3.23. The second-order valence-electron chi connectivity index (χ2n) is 11.8. The van der Waals surface area contributed by atoms with Crippen LogP contribution in [0.3, 0.4) is 0 Å². The fraction of sp³-hybridized carbons (Fsp3) is 0.769. The first-order chi connectivity index (χ1) is 15.6. The van der Waals surface area contributed by atoms with E-state index in [4.69, 9.17) is 13.9 Å². The lowest BCUT2D eigenvalue weighted by molar-refractivity contribution is -0.224.